The Morgan fingerprint density at radius 2 is 1.42 bits per heavy atom. The predicted octanol–water partition coefficient (Wildman–Crippen LogP) is 4.65. The summed E-state index contributed by atoms with van der Waals surface area (Å²) in [6, 6.07) is 0. The van der Waals surface area contributed by atoms with Gasteiger partial charge in [-0.25, -0.2) is 0 Å². The molecule has 6 heteroatoms. The first kappa shape index (κ1) is 21.4. The number of hydrogen-bond acceptors (Lipinski definition) is 4. The first-order chi connectivity index (χ1) is 11.4. The molecule has 5 nitrogen and oxygen atoms in total. The van der Waals surface area contributed by atoms with Crippen LogP contribution in [-0.4, -0.2) is 30.3 Å². The number of unbranched alkanes of at least 4 members (excludes halogenated alkanes) is 8. The van der Waals surface area contributed by atoms with Crippen LogP contribution in [0, 0.1) is 0 Å². The molecular formula is C18H34O5S. The molecule has 0 amide bonds. The lowest BCUT2D eigenvalue weighted by Gasteiger charge is -2.26. The maximum absolute atomic E-state index is 11.8. The van der Waals surface area contributed by atoms with E-state index in [4.69, 9.17) is 9.29 Å². The molecule has 1 aliphatic rings. The second kappa shape index (κ2) is 11.9. The van der Waals surface area contributed by atoms with E-state index in [1.807, 2.05) is 0 Å². The van der Waals surface area contributed by atoms with Gasteiger partial charge in [0.1, 0.15) is 6.10 Å². The van der Waals surface area contributed by atoms with Gasteiger partial charge in [0.05, 0.1) is 5.25 Å². The van der Waals surface area contributed by atoms with Crippen LogP contribution >= 0.6 is 0 Å². The molecule has 0 saturated heterocycles. The zero-order chi connectivity index (χ0) is 17.8. The van der Waals surface area contributed by atoms with Gasteiger partial charge in [0.2, 0.25) is 0 Å². The van der Waals surface area contributed by atoms with Crippen molar-refractivity contribution in [3.63, 3.8) is 0 Å². The number of ether oxygens (including phenoxy) is 1. The lowest BCUT2D eigenvalue weighted by molar-refractivity contribution is -0.150. The molecule has 1 N–H and O–H groups in total. The van der Waals surface area contributed by atoms with E-state index in [-0.39, 0.29) is 12.1 Å². The maximum atomic E-state index is 11.8. The van der Waals surface area contributed by atoms with E-state index in [1.165, 1.54) is 44.9 Å². The summed E-state index contributed by atoms with van der Waals surface area (Å²) in [5.74, 6) is -0.173. The zero-order valence-corrected chi connectivity index (χ0v) is 15.9. The lowest BCUT2D eigenvalue weighted by atomic mass is 9.97. The summed E-state index contributed by atoms with van der Waals surface area (Å²) in [5, 5.41) is -0.690. The number of carbonyl (C=O) groups is 1. The van der Waals surface area contributed by atoms with Gasteiger partial charge in [-0.15, -0.1) is 0 Å². The van der Waals surface area contributed by atoms with Crippen molar-refractivity contribution in [3.8, 4) is 0 Å². The topological polar surface area (TPSA) is 80.7 Å². The summed E-state index contributed by atoms with van der Waals surface area (Å²) in [6.45, 7) is 2.22. The van der Waals surface area contributed by atoms with Crippen LogP contribution in [0.1, 0.15) is 96.8 Å². The molecule has 1 saturated carbocycles. The molecular weight excluding hydrogens is 328 g/mol. The molecule has 24 heavy (non-hydrogen) atoms. The fourth-order valence-corrected chi connectivity index (χ4v) is 4.14. The SMILES string of the molecule is CCCCCCCCCCCC(=O)OC1CCC(S(=O)(=O)O)CC1. The fourth-order valence-electron chi connectivity index (χ4n) is 3.27. The van der Waals surface area contributed by atoms with Gasteiger partial charge >= 0.3 is 5.97 Å². The average molecular weight is 363 g/mol. The van der Waals surface area contributed by atoms with Crippen molar-refractivity contribution in [2.24, 2.45) is 0 Å². The number of rotatable bonds is 12. The Balaban J connectivity index is 1.99. The summed E-state index contributed by atoms with van der Waals surface area (Å²) < 4.78 is 36.6. The minimum absolute atomic E-state index is 0.173. The summed E-state index contributed by atoms with van der Waals surface area (Å²) >= 11 is 0. The van der Waals surface area contributed by atoms with E-state index in [0.717, 1.165) is 12.8 Å². The largest absolute Gasteiger partial charge is 0.462 e. The molecule has 0 atom stereocenters. The molecule has 1 rings (SSSR count). The first-order valence-electron chi connectivity index (χ1n) is 9.59. The highest BCUT2D eigenvalue weighted by atomic mass is 32.2. The standard InChI is InChI=1S/C18H34O5S/c1-2-3-4-5-6-7-8-9-10-11-18(19)23-16-12-14-17(15-13-16)24(20,21)22/h16-17H,2-15H2,1H3,(H,20,21,22). The molecule has 1 fully saturated rings. The Hall–Kier alpha value is -0.620. The van der Waals surface area contributed by atoms with E-state index in [2.05, 4.69) is 6.92 Å². The van der Waals surface area contributed by atoms with E-state index >= 15 is 0 Å². The monoisotopic (exact) mass is 362 g/mol. The van der Waals surface area contributed by atoms with Gasteiger partial charge in [-0.2, -0.15) is 8.42 Å². The van der Waals surface area contributed by atoms with Crippen molar-refractivity contribution in [3.05, 3.63) is 0 Å². The van der Waals surface area contributed by atoms with Gasteiger partial charge in [0, 0.05) is 6.42 Å². The van der Waals surface area contributed by atoms with Crippen LogP contribution in [0.2, 0.25) is 0 Å². The number of esters is 1. The fraction of sp³-hybridized carbons (Fsp3) is 0.944. The lowest BCUT2D eigenvalue weighted by Crippen LogP contribution is -2.31. The molecule has 0 heterocycles. The summed E-state index contributed by atoms with van der Waals surface area (Å²) in [5.41, 5.74) is 0. The van der Waals surface area contributed by atoms with Crippen LogP contribution in [0.5, 0.6) is 0 Å². The minimum atomic E-state index is -3.95. The van der Waals surface area contributed by atoms with Crippen molar-refractivity contribution in [1.82, 2.24) is 0 Å². The normalized spacial score (nSPS) is 21.6. The first-order valence-corrected chi connectivity index (χ1v) is 11.1. The van der Waals surface area contributed by atoms with Gasteiger partial charge in [0.25, 0.3) is 10.1 Å². The Bertz CT molecular complexity index is 438. The highest BCUT2D eigenvalue weighted by Gasteiger charge is 2.30. The van der Waals surface area contributed by atoms with E-state index in [0.29, 0.717) is 32.1 Å². The Morgan fingerprint density at radius 1 is 0.917 bits per heavy atom. The summed E-state index contributed by atoms with van der Waals surface area (Å²) in [6.07, 6.45) is 13.0. The van der Waals surface area contributed by atoms with Gasteiger partial charge in [-0.05, 0) is 32.1 Å². The number of carbonyl (C=O) groups excluding carboxylic acids is 1. The molecule has 0 spiro atoms. The van der Waals surface area contributed by atoms with Crippen LogP contribution in [0.3, 0.4) is 0 Å². The maximum Gasteiger partial charge on any atom is 0.306 e. The van der Waals surface area contributed by atoms with Crippen molar-refractivity contribution in [1.29, 1.82) is 0 Å². The van der Waals surface area contributed by atoms with Crippen molar-refractivity contribution in [2.75, 3.05) is 0 Å². The van der Waals surface area contributed by atoms with Gasteiger partial charge < -0.3 is 4.74 Å². The average Bonchev–Trinajstić information content (AvgIpc) is 2.53. The van der Waals surface area contributed by atoms with Crippen molar-refractivity contribution in [2.45, 2.75) is 108 Å². The van der Waals surface area contributed by atoms with Gasteiger partial charge in [-0.3, -0.25) is 9.35 Å². The van der Waals surface area contributed by atoms with Gasteiger partial charge in [0.15, 0.2) is 0 Å². The molecule has 0 bridgehead atoms. The Labute approximate surface area is 147 Å². The summed E-state index contributed by atoms with van der Waals surface area (Å²) in [7, 11) is -3.95. The van der Waals surface area contributed by atoms with Crippen molar-refractivity contribution < 1.29 is 22.5 Å². The summed E-state index contributed by atoms with van der Waals surface area (Å²) in [4.78, 5) is 11.8. The molecule has 0 radical (unpaired) electrons. The smallest absolute Gasteiger partial charge is 0.306 e. The third-order valence-corrected chi connectivity index (χ3v) is 6.14. The third kappa shape index (κ3) is 9.62. The molecule has 0 aromatic carbocycles. The van der Waals surface area contributed by atoms with Crippen molar-refractivity contribution >= 4 is 16.1 Å². The number of hydrogen-bond donors (Lipinski definition) is 1. The Morgan fingerprint density at radius 3 is 1.92 bits per heavy atom. The Kier molecular flexibility index (Phi) is 10.6. The molecule has 142 valence electrons. The molecule has 0 aliphatic heterocycles. The van der Waals surface area contributed by atoms with Gasteiger partial charge in [-0.1, -0.05) is 58.3 Å². The van der Waals surface area contributed by atoms with Crippen LogP contribution in [0.4, 0.5) is 0 Å². The molecule has 0 aromatic heterocycles. The van der Waals surface area contributed by atoms with Crippen LogP contribution in [-0.2, 0) is 19.6 Å². The van der Waals surface area contributed by atoms with Crippen LogP contribution in [0.25, 0.3) is 0 Å². The highest BCUT2D eigenvalue weighted by Crippen LogP contribution is 2.26. The zero-order valence-electron chi connectivity index (χ0n) is 15.0. The highest BCUT2D eigenvalue weighted by molar-refractivity contribution is 7.86. The van der Waals surface area contributed by atoms with E-state index in [1.54, 1.807) is 0 Å². The molecule has 0 unspecified atom stereocenters. The third-order valence-electron chi connectivity index (χ3n) is 4.83. The second-order valence-corrected chi connectivity index (χ2v) is 8.68. The van der Waals surface area contributed by atoms with Crippen LogP contribution < -0.4 is 0 Å². The quantitative estimate of drug-likeness (QED) is 0.310. The van der Waals surface area contributed by atoms with E-state index in [9.17, 15) is 13.2 Å². The predicted molar refractivity (Wildman–Crippen MR) is 95.5 cm³/mol. The van der Waals surface area contributed by atoms with Crippen LogP contribution in [0.15, 0.2) is 0 Å². The minimum Gasteiger partial charge on any atom is -0.462 e. The molecule has 0 aromatic rings. The molecule has 1 aliphatic carbocycles. The second-order valence-electron chi connectivity index (χ2n) is 6.98. The van der Waals surface area contributed by atoms with E-state index < -0.39 is 15.4 Å².